The van der Waals surface area contributed by atoms with E-state index in [1.165, 1.54) is 43.2 Å². The van der Waals surface area contributed by atoms with Gasteiger partial charge in [-0.2, -0.15) is 0 Å². The Kier molecular flexibility index (Phi) is 3.18. The Morgan fingerprint density at radius 1 is 1.12 bits per heavy atom. The molecule has 1 atom stereocenters. The SMILES string of the molecule is Cc1cccc(C(n2ccnc2)C2(O)C3CC4CC(C3)CC2C4)c1. The first-order valence-corrected chi connectivity index (χ1v) is 9.41. The minimum absolute atomic E-state index is 0.0186. The fourth-order valence-corrected chi connectivity index (χ4v) is 6.33. The summed E-state index contributed by atoms with van der Waals surface area (Å²) in [7, 11) is 0. The predicted molar refractivity (Wildman–Crippen MR) is 93.5 cm³/mol. The summed E-state index contributed by atoms with van der Waals surface area (Å²) in [6, 6.07) is 8.66. The van der Waals surface area contributed by atoms with Gasteiger partial charge in [-0.15, -0.1) is 0 Å². The molecule has 1 aromatic carbocycles. The normalized spacial score (nSPS) is 38.4. The van der Waals surface area contributed by atoms with Crippen molar-refractivity contribution in [3.05, 3.63) is 54.1 Å². The maximum absolute atomic E-state index is 12.1. The lowest BCUT2D eigenvalue weighted by Gasteiger charge is -2.61. The first-order chi connectivity index (χ1) is 11.6. The number of aliphatic hydroxyl groups is 1. The van der Waals surface area contributed by atoms with Crippen LogP contribution in [-0.4, -0.2) is 20.3 Å². The Balaban J connectivity index is 1.64. The lowest BCUT2D eigenvalue weighted by Crippen LogP contribution is -2.61. The summed E-state index contributed by atoms with van der Waals surface area (Å²) in [6.07, 6.45) is 12.0. The Morgan fingerprint density at radius 3 is 2.42 bits per heavy atom. The average Bonchev–Trinajstić information content (AvgIpc) is 3.06. The molecule has 0 amide bonds. The standard InChI is InChI=1S/C21H26N2O/c1-14-3-2-4-17(7-14)20(23-6-5-22-13-23)21(24)18-9-15-8-16(11-18)12-19(21)10-15/h2-7,13,15-16,18-20,24H,8-12H2,1H3. The van der Waals surface area contributed by atoms with Crippen LogP contribution in [0.15, 0.2) is 43.0 Å². The van der Waals surface area contributed by atoms with E-state index in [0.717, 1.165) is 11.8 Å². The van der Waals surface area contributed by atoms with E-state index in [9.17, 15) is 5.11 Å². The van der Waals surface area contributed by atoms with Gasteiger partial charge in [0.05, 0.1) is 18.0 Å². The van der Waals surface area contributed by atoms with Gasteiger partial charge >= 0.3 is 0 Å². The Hall–Kier alpha value is -1.61. The Morgan fingerprint density at radius 2 is 1.83 bits per heavy atom. The summed E-state index contributed by atoms with van der Waals surface area (Å²) in [5.74, 6) is 2.57. The number of rotatable bonds is 3. The molecule has 4 bridgehead atoms. The molecule has 3 heteroatoms. The molecular formula is C21H26N2O. The van der Waals surface area contributed by atoms with Crippen LogP contribution < -0.4 is 0 Å². The van der Waals surface area contributed by atoms with Crippen molar-refractivity contribution in [1.82, 2.24) is 9.55 Å². The number of nitrogens with zero attached hydrogens (tertiary/aromatic N) is 2. The molecule has 4 fully saturated rings. The van der Waals surface area contributed by atoms with Gasteiger partial charge in [0.25, 0.3) is 0 Å². The minimum Gasteiger partial charge on any atom is -0.387 e. The fourth-order valence-electron chi connectivity index (χ4n) is 6.33. The number of imidazole rings is 1. The Labute approximate surface area is 143 Å². The van der Waals surface area contributed by atoms with Crippen molar-refractivity contribution >= 4 is 0 Å². The Bertz CT molecular complexity index is 708. The molecule has 1 aromatic heterocycles. The molecule has 0 radical (unpaired) electrons. The quantitative estimate of drug-likeness (QED) is 0.928. The van der Waals surface area contributed by atoms with Gasteiger partial charge in [-0.3, -0.25) is 0 Å². The first kappa shape index (κ1) is 14.7. The third-order valence-electron chi connectivity index (χ3n) is 7.06. The highest BCUT2D eigenvalue weighted by Crippen LogP contribution is 2.62. The maximum Gasteiger partial charge on any atom is 0.0952 e. The molecule has 0 spiro atoms. The summed E-state index contributed by atoms with van der Waals surface area (Å²) >= 11 is 0. The average molecular weight is 322 g/mol. The van der Waals surface area contributed by atoms with Crippen molar-refractivity contribution in [2.75, 3.05) is 0 Å². The molecule has 4 saturated carbocycles. The highest BCUT2D eigenvalue weighted by Gasteiger charge is 2.60. The largest absolute Gasteiger partial charge is 0.387 e. The second kappa shape index (κ2) is 5.19. The van der Waals surface area contributed by atoms with Gasteiger partial charge in [-0.05, 0) is 68.3 Å². The monoisotopic (exact) mass is 322 g/mol. The van der Waals surface area contributed by atoms with Crippen LogP contribution in [0.25, 0.3) is 0 Å². The van der Waals surface area contributed by atoms with Crippen LogP contribution in [0, 0.1) is 30.6 Å². The van der Waals surface area contributed by atoms with Crippen molar-refractivity contribution in [3.63, 3.8) is 0 Å². The number of benzene rings is 1. The van der Waals surface area contributed by atoms with Crippen LogP contribution in [0.2, 0.25) is 0 Å². The highest BCUT2D eigenvalue weighted by molar-refractivity contribution is 5.30. The van der Waals surface area contributed by atoms with Crippen LogP contribution in [0.4, 0.5) is 0 Å². The maximum atomic E-state index is 12.1. The van der Waals surface area contributed by atoms with Crippen LogP contribution in [-0.2, 0) is 0 Å². The van der Waals surface area contributed by atoms with Gasteiger partial charge in [0.1, 0.15) is 0 Å². The van der Waals surface area contributed by atoms with E-state index in [-0.39, 0.29) is 6.04 Å². The molecule has 1 heterocycles. The molecular weight excluding hydrogens is 296 g/mol. The minimum atomic E-state index is -0.637. The topological polar surface area (TPSA) is 38.0 Å². The zero-order valence-corrected chi connectivity index (χ0v) is 14.3. The fraction of sp³-hybridized carbons (Fsp3) is 0.571. The van der Waals surface area contributed by atoms with Gasteiger partial charge < -0.3 is 9.67 Å². The lowest BCUT2D eigenvalue weighted by atomic mass is 9.48. The van der Waals surface area contributed by atoms with Crippen molar-refractivity contribution in [3.8, 4) is 0 Å². The van der Waals surface area contributed by atoms with E-state index in [4.69, 9.17) is 0 Å². The van der Waals surface area contributed by atoms with Gasteiger partial charge in [-0.25, -0.2) is 4.98 Å². The number of hydrogen-bond acceptors (Lipinski definition) is 2. The summed E-state index contributed by atoms with van der Waals surface area (Å²) in [5.41, 5.74) is 1.84. The van der Waals surface area contributed by atoms with Gasteiger partial charge in [0.15, 0.2) is 0 Å². The summed E-state index contributed by atoms with van der Waals surface area (Å²) < 4.78 is 2.15. The zero-order valence-electron chi connectivity index (χ0n) is 14.3. The number of aryl methyl sites for hydroxylation is 1. The van der Waals surface area contributed by atoms with Crippen molar-refractivity contribution in [2.24, 2.45) is 23.7 Å². The summed E-state index contributed by atoms with van der Waals surface area (Å²) in [6.45, 7) is 2.13. The van der Waals surface area contributed by atoms with E-state index < -0.39 is 5.60 Å². The van der Waals surface area contributed by atoms with Crippen molar-refractivity contribution < 1.29 is 5.11 Å². The third-order valence-corrected chi connectivity index (χ3v) is 7.06. The van der Waals surface area contributed by atoms with E-state index in [1.54, 1.807) is 0 Å². The summed E-state index contributed by atoms with van der Waals surface area (Å²) in [5, 5.41) is 12.1. The van der Waals surface area contributed by atoms with E-state index in [2.05, 4.69) is 40.7 Å². The molecule has 126 valence electrons. The number of hydrogen-bond donors (Lipinski definition) is 1. The second-order valence-electron chi connectivity index (χ2n) is 8.52. The van der Waals surface area contributed by atoms with E-state index in [0.29, 0.717) is 11.8 Å². The molecule has 4 aliphatic rings. The molecule has 0 saturated heterocycles. The highest BCUT2D eigenvalue weighted by atomic mass is 16.3. The van der Waals surface area contributed by atoms with Crippen LogP contribution in [0.3, 0.4) is 0 Å². The van der Waals surface area contributed by atoms with Crippen molar-refractivity contribution in [1.29, 1.82) is 0 Å². The third kappa shape index (κ3) is 2.03. The van der Waals surface area contributed by atoms with Gasteiger partial charge in [0, 0.05) is 12.4 Å². The molecule has 3 nitrogen and oxygen atoms in total. The molecule has 4 aliphatic carbocycles. The summed E-state index contributed by atoms with van der Waals surface area (Å²) in [4.78, 5) is 4.29. The van der Waals surface area contributed by atoms with Crippen molar-refractivity contribution in [2.45, 2.75) is 50.7 Å². The van der Waals surface area contributed by atoms with E-state index >= 15 is 0 Å². The molecule has 1 N–H and O–H groups in total. The van der Waals surface area contributed by atoms with Gasteiger partial charge in [0.2, 0.25) is 0 Å². The van der Waals surface area contributed by atoms with Crippen LogP contribution >= 0.6 is 0 Å². The molecule has 2 aromatic rings. The lowest BCUT2D eigenvalue weighted by molar-refractivity contribution is -0.190. The smallest absolute Gasteiger partial charge is 0.0952 e. The predicted octanol–water partition coefficient (Wildman–Crippen LogP) is 3.97. The zero-order chi connectivity index (χ0) is 16.3. The van der Waals surface area contributed by atoms with Crippen LogP contribution in [0.1, 0.15) is 49.3 Å². The van der Waals surface area contributed by atoms with Gasteiger partial charge in [-0.1, -0.05) is 29.8 Å². The molecule has 1 unspecified atom stereocenters. The first-order valence-electron chi connectivity index (χ1n) is 9.41. The molecule has 0 aliphatic heterocycles. The van der Waals surface area contributed by atoms with Crippen LogP contribution in [0.5, 0.6) is 0 Å². The molecule has 24 heavy (non-hydrogen) atoms. The second-order valence-corrected chi connectivity index (χ2v) is 8.52. The van der Waals surface area contributed by atoms with E-state index in [1.807, 2.05) is 18.7 Å². The molecule has 6 rings (SSSR count). The number of aromatic nitrogens is 2.